The molecular formula is C20H31ClIN3O. The number of hydrogen-bond donors (Lipinski definition) is 2. The number of aliphatic imine (C=N–C) groups is 1. The maximum absolute atomic E-state index is 6.12. The number of methoxy groups -OCH3 is 1. The van der Waals surface area contributed by atoms with Gasteiger partial charge in [0, 0.05) is 43.8 Å². The van der Waals surface area contributed by atoms with Gasteiger partial charge in [0.25, 0.3) is 0 Å². The Morgan fingerprint density at radius 3 is 2.81 bits per heavy atom. The predicted octanol–water partition coefficient (Wildman–Crippen LogP) is 4.58. The molecule has 2 aliphatic rings. The first-order valence-corrected chi connectivity index (χ1v) is 9.83. The number of hydrogen-bond acceptors (Lipinski definition) is 2. The fraction of sp³-hybridized carbons (Fsp3) is 0.650. The third-order valence-corrected chi connectivity index (χ3v) is 5.79. The summed E-state index contributed by atoms with van der Waals surface area (Å²) < 4.78 is 5.28. The van der Waals surface area contributed by atoms with Crippen LogP contribution >= 0.6 is 35.6 Å². The first kappa shape index (κ1) is 21.8. The van der Waals surface area contributed by atoms with Crippen LogP contribution in [0.15, 0.2) is 29.3 Å². The predicted molar refractivity (Wildman–Crippen MR) is 120 cm³/mol. The second kappa shape index (κ2) is 10.1. The topological polar surface area (TPSA) is 45.7 Å². The molecule has 0 spiro atoms. The van der Waals surface area contributed by atoms with Crippen LogP contribution in [0.2, 0.25) is 5.02 Å². The summed E-state index contributed by atoms with van der Waals surface area (Å²) >= 11 is 6.12. The monoisotopic (exact) mass is 491 g/mol. The summed E-state index contributed by atoms with van der Waals surface area (Å²) in [6.07, 6.45) is 6.12. The highest BCUT2D eigenvalue weighted by Gasteiger charge is 2.40. The standard InChI is InChI=1S/C20H30ClN3O.HI/c1-3-22-19(23-14-20(8-5-9-20)10-11-25-2)24-18-13-17(18)15-6-4-7-16(21)12-15;/h4,6-7,12,17-18H,3,5,8-11,13-14H2,1-2H3,(H2,22,23,24);1H. The largest absolute Gasteiger partial charge is 0.385 e. The SMILES string of the molecule is CCNC(=NCC1(CCOC)CCC1)NC1CC1c1cccc(Cl)c1.I. The first-order valence-electron chi connectivity index (χ1n) is 9.45. The molecule has 4 nitrogen and oxygen atoms in total. The van der Waals surface area contributed by atoms with Crippen molar-refractivity contribution in [3.8, 4) is 0 Å². The minimum Gasteiger partial charge on any atom is -0.385 e. The molecule has 0 saturated heterocycles. The molecule has 2 unspecified atom stereocenters. The molecule has 2 aliphatic carbocycles. The lowest BCUT2D eigenvalue weighted by molar-refractivity contribution is 0.0778. The van der Waals surface area contributed by atoms with Gasteiger partial charge >= 0.3 is 0 Å². The van der Waals surface area contributed by atoms with Gasteiger partial charge in [-0.05, 0) is 55.7 Å². The minimum absolute atomic E-state index is 0. The zero-order chi connectivity index (χ0) is 17.7. The van der Waals surface area contributed by atoms with E-state index in [0.717, 1.165) is 43.5 Å². The maximum atomic E-state index is 6.12. The molecule has 2 N–H and O–H groups in total. The molecule has 1 aromatic carbocycles. The van der Waals surface area contributed by atoms with Gasteiger partial charge in [-0.2, -0.15) is 0 Å². The lowest BCUT2D eigenvalue weighted by atomic mass is 9.67. The van der Waals surface area contributed by atoms with Gasteiger partial charge in [-0.1, -0.05) is 30.2 Å². The van der Waals surface area contributed by atoms with Crippen molar-refractivity contribution in [2.45, 2.75) is 51.0 Å². The number of ether oxygens (including phenoxy) is 1. The molecule has 0 heterocycles. The van der Waals surface area contributed by atoms with Crippen molar-refractivity contribution < 1.29 is 4.74 Å². The second-order valence-corrected chi connectivity index (χ2v) is 7.88. The van der Waals surface area contributed by atoms with E-state index in [0.29, 0.717) is 17.4 Å². The molecule has 0 bridgehead atoms. The lowest BCUT2D eigenvalue weighted by Crippen LogP contribution is -2.41. The Morgan fingerprint density at radius 1 is 1.38 bits per heavy atom. The van der Waals surface area contributed by atoms with Crippen molar-refractivity contribution in [3.63, 3.8) is 0 Å². The number of nitrogens with zero attached hydrogens (tertiary/aromatic N) is 1. The average molecular weight is 492 g/mol. The van der Waals surface area contributed by atoms with Crippen LogP contribution in [0.3, 0.4) is 0 Å². The smallest absolute Gasteiger partial charge is 0.191 e. The van der Waals surface area contributed by atoms with Gasteiger partial charge in [0.2, 0.25) is 0 Å². The zero-order valence-corrected chi connectivity index (χ0v) is 18.8. The van der Waals surface area contributed by atoms with E-state index < -0.39 is 0 Å². The fourth-order valence-electron chi connectivity index (χ4n) is 3.69. The van der Waals surface area contributed by atoms with Gasteiger partial charge in [-0.3, -0.25) is 4.99 Å². The number of halogens is 2. The van der Waals surface area contributed by atoms with Crippen LogP contribution in [-0.2, 0) is 4.74 Å². The molecule has 2 fully saturated rings. The van der Waals surface area contributed by atoms with Gasteiger partial charge in [0.1, 0.15) is 0 Å². The third-order valence-electron chi connectivity index (χ3n) is 5.56. The maximum Gasteiger partial charge on any atom is 0.191 e. The Bertz CT molecular complexity index is 606. The van der Waals surface area contributed by atoms with Crippen molar-refractivity contribution in [2.24, 2.45) is 10.4 Å². The summed E-state index contributed by atoms with van der Waals surface area (Å²) in [7, 11) is 1.78. The van der Waals surface area contributed by atoms with Crippen molar-refractivity contribution in [3.05, 3.63) is 34.9 Å². The molecule has 0 aliphatic heterocycles. The van der Waals surface area contributed by atoms with Gasteiger partial charge in [0.05, 0.1) is 0 Å². The van der Waals surface area contributed by atoms with Crippen LogP contribution < -0.4 is 10.6 Å². The Labute approximate surface area is 179 Å². The van der Waals surface area contributed by atoms with Crippen molar-refractivity contribution in [1.82, 2.24) is 10.6 Å². The Kier molecular flexibility index (Phi) is 8.48. The van der Waals surface area contributed by atoms with E-state index in [1.807, 2.05) is 12.1 Å². The quantitative estimate of drug-likeness (QED) is 0.318. The van der Waals surface area contributed by atoms with Crippen LogP contribution in [0.1, 0.15) is 50.5 Å². The molecule has 6 heteroatoms. The number of benzene rings is 1. The van der Waals surface area contributed by atoms with Crippen LogP contribution in [-0.4, -0.2) is 38.8 Å². The summed E-state index contributed by atoms with van der Waals surface area (Å²) in [6, 6.07) is 8.65. The summed E-state index contributed by atoms with van der Waals surface area (Å²) in [5.74, 6) is 1.48. The van der Waals surface area contributed by atoms with Crippen molar-refractivity contribution in [1.29, 1.82) is 0 Å². The summed E-state index contributed by atoms with van der Waals surface area (Å²) in [4.78, 5) is 4.90. The molecule has 2 atom stereocenters. The Balaban J connectivity index is 0.00000243. The molecule has 0 aromatic heterocycles. The second-order valence-electron chi connectivity index (χ2n) is 7.44. The summed E-state index contributed by atoms with van der Waals surface area (Å²) in [6.45, 7) is 4.72. The van der Waals surface area contributed by atoms with E-state index in [2.05, 4.69) is 29.7 Å². The lowest BCUT2D eigenvalue weighted by Gasteiger charge is -2.40. The van der Waals surface area contributed by atoms with Crippen LogP contribution in [0.4, 0.5) is 0 Å². The fourth-order valence-corrected chi connectivity index (χ4v) is 3.88. The molecule has 146 valence electrons. The van der Waals surface area contributed by atoms with Gasteiger partial charge in [-0.25, -0.2) is 0 Å². The molecule has 1 aromatic rings. The number of rotatable bonds is 8. The highest BCUT2D eigenvalue weighted by Crippen LogP contribution is 2.44. The highest BCUT2D eigenvalue weighted by molar-refractivity contribution is 14.0. The summed E-state index contributed by atoms with van der Waals surface area (Å²) in [5.41, 5.74) is 1.67. The Morgan fingerprint density at radius 2 is 2.19 bits per heavy atom. The third kappa shape index (κ3) is 5.73. The molecule has 2 saturated carbocycles. The highest BCUT2D eigenvalue weighted by atomic mass is 127. The molecule has 0 radical (unpaired) electrons. The van der Waals surface area contributed by atoms with E-state index in [1.165, 1.54) is 24.8 Å². The molecule has 3 rings (SSSR count). The van der Waals surface area contributed by atoms with Gasteiger partial charge < -0.3 is 15.4 Å². The number of nitrogens with one attached hydrogen (secondary N) is 2. The normalized spacial score (nSPS) is 23.6. The Hall–Kier alpha value is -0.530. The van der Waals surface area contributed by atoms with E-state index in [9.17, 15) is 0 Å². The van der Waals surface area contributed by atoms with Gasteiger partial charge in [0.15, 0.2) is 5.96 Å². The summed E-state index contributed by atoms with van der Waals surface area (Å²) in [5, 5.41) is 7.81. The van der Waals surface area contributed by atoms with E-state index in [1.54, 1.807) is 7.11 Å². The molecule has 0 amide bonds. The van der Waals surface area contributed by atoms with Crippen LogP contribution in [0.5, 0.6) is 0 Å². The van der Waals surface area contributed by atoms with Gasteiger partial charge in [-0.15, -0.1) is 24.0 Å². The zero-order valence-electron chi connectivity index (χ0n) is 15.8. The van der Waals surface area contributed by atoms with Crippen molar-refractivity contribution in [2.75, 3.05) is 26.8 Å². The first-order chi connectivity index (χ1) is 12.2. The minimum atomic E-state index is 0. The van der Waals surface area contributed by atoms with Crippen LogP contribution in [0, 0.1) is 5.41 Å². The molecular weight excluding hydrogens is 461 g/mol. The number of guanidine groups is 1. The van der Waals surface area contributed by atoms with E-state index in [4.69, 9.17) is 21.3 Å². The van der Waals surface area contributed by atoms with E-state index >= 15 is 0 Å². The van der Waals surface area contributed by atoms with Crippen molar-refractivity contribution >= 4 is 41.5 Å². The average Bonchev–Trinajstić information content (AvgIpc) is 3.33. The van der Waals surface area contributed by atoms with E-state index in [-0.39, 0.29) is 24.0 Å². The molecule has 26 heavy (non-hydrogen) atoms. The van der Waals surface area contributed by atoms with Crippen LogP contribution in [0.25, 0.3) is 0 Å².